The van der Waals surface area contributed by atoms with E-state index in [0.29, 0.717) is 10.9 Å². The van der Waals surface area contributed by atoms with Crippen LogP contribution in [0.4, 0.5) is 0 Å². The zero-order chi connectivity index (χ0) is 16.3. The predicted octanol–water partition coefficient (Wildman–Crippen LogP) is 2.24. The number of carbonyl (C=O) groups excluding carboxylic acids is 2. The molecule has 0 radical (unpaired) electrons. The lowest BCUT2D eigenvalue weighted by atomic mass is 9.93. The van der Waals surface area contributed by atoms with E-state index >= 15 is 0 Å². The Morgan fingerprint density at radius 3 is 2.36 bits per heavy atom. The quantitative estimate of drug-likeness (QED) is 0.623. The number of hydrogen-bond acceptors (Lipinski definition) is 5. The van der Waals surface area contributed by atoms with Gasteiger partial charge in [-0.15, -0.1) is 0 Å². The Labute approximate surface area is 135 Å². The van der Waals surface area contributed by atoms with Crippen LogP contribution in [0.5, 0.6) is 0 Å². The van der Waals surface area contributed by atoms with Crippen LogP contribution in [0, 0.1) is 0 Å². The fourth-order valence-corrected chi connectivity index (χ4v) is 2.53. The molecule has 0 saturated heterocycles. The standard InChI is InChI=1S/C15H16BrNO5/c1-3-21-13(18)15(20,14(19)22-4-2)11-8-17-12-6-5-9(16)7-10(11)12/h5-8,17,20H,3-4H2,1-2H3. The molecule has 2 rings (SSSR count). The lowest BCUT2D eigenvalue weighted by Gasteiger charge is -2.23. The number of H-pyrrole nitrogens is 1. The molecule has 2 aromatic rings. The van der Waals surface area contributed by atoms with E-state index in [0.717, 1.165) is 4.47 Å². The summed E-state index contributed by atoms with van der Waals surface area (Å²) in [4.78, 5) is 27.3. The van der Waals surface area contributed by atoms with Crippen LogP contribution in [-0.2, 0) is 24.7 Å². The van der Waals surface area contributed by atoms with Gasteiger partial charge in [-0.25, -0.2) is 9.59 Å². The van der Waals surface area contributed by atoms with Crippen molar-refractivity contribution in [1.82, 2.24) is 4.98 Å². The Kier molecular flexibility index (Phi) is 4.87. The Hall–Kier alpha value is -1.86. The van der Waals surface area contributed by atoms with E-state index in [1.807, 2.05) is 0 Å². The van der Waals surface area contributed by atoms with Gasteiger partial charge in [0.25, 0.3) is 5.60 Å². The Morgan fingerprint density at radius 2 is 1.82 bits per heavy atom. The molecule has 0 aliphatic carbocycles. The fourth-order valence-electron chi connectivity index (χ4n) is 2.17. The maximum absolute atomic E-state index is 12.2. The molecule has 118 valence electrons. The molecule has 0 saturated carbocycles. The second-order valence-electron chi connectivity index (χ2n) is 4.54. The van der Waals surface area contributed by atoms with Crippen LogP contribution in [-0.4, -0.2) is 35.2 Å². The molecule has 7 heteroatoms. The summed E-state index contributed by atoms with van der Waals surface area (Å²) in [5, 5.41) is 11.3. The van der Waals surface area contributed by atoms with Crippen LogP contribution in [0.3, 0.4) is 0 Å². The van der Waals surface area contributed by atoms with Crippen molar-refractivity contribution in [3.05, 3.63) is 34.4 Å². The van der Waals surface area contributed by atoms with Crippen molar-refractivity contribution in [1.29, 1.82) is 0 Å². The van der Waals surface area contributed by atoms with Gasteiger partial charge in [0.05, 0.1) is 13.2 Å². The number of hydrogen-bond donors (Lipinski definition) is 2. The lowest BCUT2D eigenvalue weighted by Crippen LogP contribution is -2.46. The van der Waals surface area contributed by atoms with Crippen molar-refractivity contribution >= 4 is 38.8 Å². The first kappa shape index (κ1) is 16.5. The second-order valence-corrected chi connectivity index (χ2v) is 5.46. The van der Waals surface area contributed by atoms with Gasteiger partial charge in [0.15, 0.2) is 0 Å². The smallest absolute Gasteiger partial charge is 0.355 e. The number of fused-ring (bicyclic) bond motifs is 1. The van der Waals surface area contributed by atoms with Crippen molar-refractivity contribution in [2.24, 2.45) is 0 Å². The van der Waals surface area contributed by atoms with Crippen LogP contribution >= 0.6 is 15.9 Å². The van der Waals surface area contributed by atoms with E-state index in [4.69, 9.17) is 9.47 Å². The number of nitrogens with one attached hydrogen (secondary N) is 1. The maximum Gasteiger partial charge on any atom is 0.355 e. The van der Waals surface area contributed by atoms with Gasteiger partial charge in [0, 0.05) is 27.1 Å². The Bertz CT molecular complexity index is 691. The average Bonchev–Trinajstić information content (AvgIpc) is 2.90. The van der Waals surface area contributed by atoms with E-state index < -0.39 is 17.5 Å². The van der Waals surface area contributed by atoms with Gasteiger partial charge in [-0.3, -0.25) is 0 Å². The average molecular weight is 370 g/mol. The summed E-state index contributed by atoms with van der Waals surface area (Å²) in [6.07, 6.45) is 1.41. The Balaban J connectivity index is 2.63. The first-order valence-corrected chi connectivity index (χ1v) is 7.58. The third-order valence-electron chi connectivity index (χ3n) is 3.18. The molecule has 0 fully saturated rings. The lowest BCUT2D eigenvalue weighted by molar-refractivity contribution is -0.184. The van der Waals surface area contributed by atoms with Gasteiger partial charge >= 0.3 is 11.9 Å². The first-order valence-electron chi connectivity index (χ1n) is 6.79. The highest BCUT2D eigenvalue weighted by molar-refractivity contribution is 9.10. The highest BCUT2D eigenvalue weighted by atomic mass is 79.9. The Morgan fingerprint density at radius 1 is 1.23 bits per heavy atom. The molecule has 6 nitrogen and oxygen atoms in total. The number of benzene rings is 1. The summed E-state index contributed by atoms with van der Waals surface area (Å²) in [5.41, 5.74) is -1.74. The highest BCUT2D eigenvalue weighted by Crippen LogP contribution is 2.33. The minimum atomic E-state index is -2.51. The molecule has 1 aromatic carbocycles. The molecule has 2 N–H and O–H groups in total. The van der Waals surface area contributed by atoms with Gasteiger partial charge in [0.2, 0.25) is 0 Å². The monoisotopic (exact) mass is 369 g/mol. The molecule has 1 heterocycles. The minimum absolute atomic E-state index is 0.0343. The molecule has 0 aliphatic heterocycles. The fraction of sp³-hybridized carbons (Fsp3) is 0.333. The number of halogens is 1. The molecule has 0 spiro atoms. The van der Waals surface area contributed by atoms with Gasteiger partial charge < -0.3 is 19.6 Å². The molecule has 0 bridgehead atoms. The minimum Gasteiger partial charge on any atom is -0.463 e. The van der Waals surface area contributed by atoms with Crippen molar-refractivity contribution < 1.29 is 24.2 Å². The molecule has 0 amide bonds. The number of aromatic nitrogens is 1. The van der Waals surface area contributed by atoms with E-state index in [-0.39, 0.29) is 18.8 Å². The number of esters is 2. The summed E-state index contributed by atoms with van der Waals surface area (Å²) in [6.45, 7) is 3.25. The second kappa shape index (κ2) is 6.50. The van der Waals surface area contributed by atoms with Crippen LogP contribution < -0.4 is 0 Å². The van der Waals surface area contributed by atoms with Gasteiger partial charge in [-0.05, 0) is 32.0 Å². The first-order chi connectivity index (χ1) is 10.4. The van der Waals surface area contributed by atoms with Crippen molar-refractivity contribution in [3.8, 4) is 0 Å². The summed E-state index contributed by atoms with van der Waals surface area (Å²) in [5.74, 6) is -2.12. The largest absolute Gasteiger partial charge is 0.463 e. The zero-order valence-electron chi connectivity index (χ0n) is 12.2. The summed E-state index contributed by atoms with van der Waals surface area (Å²) >= 11 is 3.33. The summed E-state index contributed by atoms with van der Waals surface area (Å²) in [7, 11) is 0. The van der Waals surface area contributed by atoms with Gasteiger partial charge in [0.1, 0.15) is 0 Å². The third-order valence-corrected chi connectivity index (χ3v) is 3.67. The molecule has 0 atom stereocenters. The number of aliphatic hydroxyl groups is 1. The molecule has 22 heavy (non-hydrogen) atoms. The van der Waals surface area contributed by atoms with Gasteiger partial charge in [-0.1, -0.05) is 15.9 Å². The molecular formula is C15H16BrNO5. The maximum atomic E-state index is 12.2. The third kappa shape index (κ3) is 2.74. The highest BCUT2D eigenvalue weighted by Gasteiger charge is 2.50. The van der Waals surface area contributed by atoms with Crippen molar-refractivity contribution in [3.63, 3.8) is 0 Å². The van der Waals surface area contributed by atoms with Crippen LogP contribution in [0.2, 0.25) is 0 Å². The molecule has 0 unspecified atom stereocenters. The number of carbonyl (C=O) groups is 2. The van der Waals surface area contributed by atoms with E-state index in [1.165, 1.54) is 6.20 Å². The van der Waals surface area contributed by atoms with E-state index in [1.54, 1.807) is 32.0 Å². The number of aromatic amines is 1. The molecule has 0 aliphatic rings. The summed E-state index contributed by atoms with van der Waals surface area (Å²) < 4.78 is 10.5. The van der Waals surface area contributed by atoms with Crippen LogP contribution in [0.1, 0.15) is 19.4 Å². The van der Waals surface area contributed by atoms with Gasteiger partial charge in [-0.2, -0.15) is 0 Å². The number of rotatable bonds is 5. The zero-order valence-corrected chi connectivity index (χ0v) is 13.8. The van der Waals surface area contributed by atoms with Crippen LogP contribution in [0.15, 0.2) is 28.9 Å². The van der Waals surface area contributed by atoms with Crippen molar-refractivity contribution in [2.75, 3.05) is 13.2 Å². The van der Waals surface area contributed by atoms with Crippen molar-refractivity contribution in [2.45, 2.75) is 19.4 Å². The van der Waals surface area contributed by atoms with E-state index in [9.17, 15) is 14.7 Å². The normalized spacial score (nSPS) is 11.5. The number of ether oxygens (including phenoxy) is 2. The predicted molar refractivity (Wildman–Crippen MR) is 83.2 cm³/mol. The van der Waals surface area contributed by atoms with Crippen LogP contribution in [0.25, 0.3) is 10.9 Å². The summed E-state index contributed by atoms with van der Waals surface area (Å²) in [6, 6.07) is 5.26. The van der Waals surface area contributed by atoms with E-state index in [2.05, 4.69) is 20.9 Å². The SMILES string of the molecule is CCOC(=O)C(O)(C(=O)OCC)c1c[nH]c2ccc(Br)cc12. The molecular weight excluding hydrogens is 354 g/mol. The molecule has 1 aromatic heterocycles. The topological polar surface area (TPSA) is 88.6 Å².